The number of H-pyrrole nitrogens is 1. The van der Waals surface area contributed by atoms with Crippen LogP contribution in [0.4, 0.5) is 4.79 Å². The Bertz CT molecular complexity index is 2210. The second-order valence-corrected chi connectivity index (χ2v) is 14.5. The summed E-state index contributed by atoms with van der Waals surface area (Å²) >= 11 is 0. The molecule has 0 saturated heterocycles. The third-order valence-corrected chi connectivity index (χ3v) is 9.00. The van der Waals surface area contributed by atoms with Crippen molar-refractivity contribution in [2.24, 2.45) is 5.73 Å². The number of carboxylic acid groups (broad SMARTS) is 1. The zero-order valence-corrected chi connectivity index (χ0v) is 31.3. The molecule has 0 spiro atoms. The number of hydrogen-bond acceptors (Lipinski definition) is 7. The van der Waals surface area contributed by atoms with Gasteiger partial charge in [-0.25, -0.2) is 4.79 Å². The predicted octanol–water partition coefficient (Wildman–Crippen LogP) is 3.66. The Morgan fingerprint density at radius 3 is 1.88 bits per heavy atom. The molecular formula is C42H46N6O8. The van der Waals surface area contributed by atoms with Gasteiger partial charge in [0.2, 0.25) is 23.6 Å². The number of nitrogens with one attached hydrogen (secondary N) is 5. The van der Waals surface area contributed by atoms with Gasteiger partial charge in [-0.05, 0) is 54.3 Å². The first-order valence-corrected chi connectivity index (χ1v) is 18.1. The Balaban J connectivity index is 1.38. The molecule has 0 aliphatic rings. The van der Waals surface area contributed by atoms with Gasteiger partial charge in [-0.1, -0.05) is 91.0 Å². The van der Waals surface area contributed by atoms with E-state index in [-0.39, 0.29) is 19.3 Å². The molecule has 0 aliphatic carbocycles. The highest BCUT2D eigenvalue weighted by Crippen LogP contribution is 2.21. The molecule has 0 bridgehead atoms. The van der Waals surface area contributed by atoms with Crippen molar-refractivity contribution >= 4 is 57.4 Å². The van der Waals surface area contributed by atoms with Crippen molar-refractivity contribution < 1.29 is 38.6 Å². The topological polar surface area (TPSA) is 222 Å². The summed E-state index contributed by atoms with van der Waals surface area (Å²) in [6, 6.07) is 23.7. The molecule has 1 aromatic heterocycles. The minimum atomic E-state index is -1.66. The van der Waals surface area contributed by atoms with Gasteiger partial charge in [0.15, 0.2) is 0 Å². The van der Waals surface area contributed by atoms with Crippen molar-refractivity contribution in [1.82, 2.24) is 26.3 Å². The number of fused-ring (bicyclic) bond motifs is 2. The summed E-state index contributed by atoms with van der Waals surface area (Å²) in [4.78, 5) is 82.5. The summed E-state index contributed by atoms with van der Waals surface area (Å²) in [5.41, 5.74) is 7.72. The van der Waals surface area contributed by atoms with E-state index in [1.165, 1.54) is 0 Å². The lowest BCUT2D eigenvalue weighted by atomic mass is 9.98. The zero-order valence-electron chi connectivity index (χ0n) is 31.3. The van der Waals surface area contributed by atoms with Gasteiger partial charge < -0.3 is 41.8 Å². The number of aliphatic carboxylic acids is 1. The Kier molecular flexibility index (Phi) is 13.1. The third-order valence-electron chi connectivity index (χ3n) is 9.00. The van der Waals surface area contributed by atoms with E-state index in [0.29, 0.717) is 11.1 Å². The Morgan fingerprint density at radius 2 is 1.20 bits per heavy atom. The van der Waals surface area contributed by atoms with Crippen molar-refractivity contribution in [1.29, 1.82) is 0 Å². The van der Waals surface area contributed by atoms with Crippen molar-refractivity contribution in [3.05, 3.63) is 120 Å². The molecule has 8 N–H and O–H groups in total. The second kappa shape index (κ2) is 18.1. The number of carbonyl (C=O) groups excluding carboxylic acids is 5. The summed E-state index contributed by atoms with van der Waals surface area (Å²) in [6.45, 7) is 5.04. The molecule has 0 fully saturated rings. The fraction of sp³-hybridized carbons (Fsp3) is 0.286. The van der Waals surface area contributed by atoms with E-state index in [1.807, 2.05) is 54.6 Å². The van der Waals surface area contributed by atoms with E-state index >= 15 is 0 Å². The lowest BCUT2D eigenvalue weighted by Crippen LogP contribution is -2.59. The van der Waals surface area contributed by atoms with Crippen LogP contribution >= 0.6 is 0 Å². The van der Waals surface area contributed by atoms with Gasteiger partial charge in [-0.3, -0.25) is 24.0 Å². The summed E-state index contributed by atoms with van der Waals surface area (Å²) in [7, 11) is 0. The fourth-order valence-corrected chi connectivity index (χ4v) is 6.35. The van der Waals surface area contributed by atoms with Crippen LogP contribution in [0, 0.1) is 0 Å². The van der Waals surface area contributed by atoms with Crippen LogP contribution in [0.25, 0.3) is 21.7 Å². The number of aromatic nitrogens is 1. The van der Waals surface area contributed by atoms with Crippen molar-refractivity contribution in [3.63, 3.8) is 0 Å². The Morgan fingerprint density at radius 1 is 0.643 bits per heavy atom. The summed E-state index contributed by atoms with van der Waals surface area (Å²) in [5.74, 6) is -4.84. The highest BCUT2D eigenvalue weighted by molar-refractivity contribution is 5.97. The van der Waals surface area contributed by atoms with Gasteiger partial charge in [0, 0.05) is 36.4 Å². The first-order chi connectivity index (χ1) is 26.7. The molecule has 14 nitrogen and oxygen atoms in total. The lowest BCUT2D eigenvalue weighted by Gasteiger charge is -2.27. The molecule has 14 heteroatoms. The number of carbonyl (C=O) groups is 6. The normalized spacial score (nSPS) is 13.5. The molecule has 5 rings (SSSR count). The van der Waals surface area contributed by atoms with E-state index in [1.54, 1.807) is 69.4 Å². The maximum atomic E-state index is 14.1. The predicted molar refractivity (Wildman–Crippen MR) is 210 cm³/mol. The molecule has 0 radical (unpaired) electrons. The Labute approximate surface area is 323 Å². The van der Waals surface area contributed by atoms with Crippen LogP contribution in [0.3, 0.4) is 0 Å². The average molecular weight is 763 g/mol. The van der Waals surface area contributed by atoms with Crippen LogP contribution in [0.1, 0.15) is 43.9 Å². The number of amides is 5. The molecule has 4 atom stereocenters. The number of benzene rings is 4. The van der Waals surface area contributed by atoms with Crippen molar-refractivity contribution in [2.75, 3.05) is 0 Å². The van der Waals surface area contributed by atoms with Gasteiger partial charge in [-0.2, -0.15) is 0 Å². The van der Waals surface area contributed by atoms with Gasteiger partial charge >= 0.3 is 12.1 Å². The molecule has 0 saturated carbocycles. The monoisotopic (exact) mass is 762 g/mol. The number of para-hydroxylation sites is 1. The number of alkyl carbamates (subject to hydrolysis) is 1. The maximum Gasteiger partial charge on any atom is 0.408 e. The van der Waals surface area contributed by atoms with Crippen LogP contribution < -0.4 is 27.0 Å². The van der Waals surface area contributed by atoms with Gasteiger partial charge in [0.25, 0.3) is 0 Å². The van der Waals surface area contributed by atoms with E-state index < -0.39 is 71.9 Å². The van der Waals surface area contributed by atoms with Gasteiger partial charge in [0.1, 0.15) is 29.8 Å². The molecular weight excluding hydrogens is 716 g/mol. The van der Waals surface area contributed by atoms with Crippen LogP contribution in [-0.4, -0.2) is 75.6 Å². The standard InChI is InChI=1S/C42H46N6O8/c1-42(2,3)56-41(55)48-34(22-28-24-44-31-19-10-9-18-30(28)31)39(53)46-33(20-25-12-5-4-6-13-25)38(52)47-35(23-36(49)50)40(54)45-32(37(43)51)21-27-16-11-15-26-14-7-8-17-29(26)27/h4-19,24,32-35,44H,20-23H2,1-3H3,(H2,43,51)(H,45,54)(H,46,53)(H,47,52)(H,48,55)(H,49,50)/t32-,33-,34-,35-/m0/s1. The maximum absolute atomic E-state index is 14.1. The summed E-state index contributed by atoms with van der Waals surface area (Å²) < 4.78 is 5.45. The SMILES string of the molecule is CC(C)(C)OC(=O)N[C@@H](Cc1c[nH]c2ccccc12)C(=O)N[C@@H](Cc1ccccc1)C(=O)N[C@@H](CC(=O)O)C(=O)N[C@@H](Cc1cccc2ccccc12)C(N)=O. The molecule has 1 heterocycles. The number of primary amides is 1. The van der Waals surface area contributed by atoms with Crippen LogP contribution in [-0.2, 0) is 48.0 Å². The minimum absolute atomic E-state index is 0.00528. The van der Waals surface area contributed by atoms with Gasteiger partial charge in [-0.15, -0.1) is 0 Å². The molecule has 0 unspecified atom stereocenters. The highest BCUT2D eigenvalue weighted by Gasteiger charge is 2.33. The summed E-state index contributed by atoms with van der Waals surface area (Å²) in [5, 5.41) is 22.7. The molecule has 292 valence electrons. The first kappa shape index (κ1) is 40.5. The lowest BCUT2D eigenvalue weighted by molar-refractivity contribution is -0.141. The van der Waals surface area contributed by atoms with Crippen molar-refractivity contribution in [3.8, 4) is 0 Å². The average Bonchev–Trinajstić information content (AvgIpc) is 3.55. The number of hydrogen-bond donors (Lipinski definition) is 7. The molecule has 0 aliphatic heterocycles. The van der Waals surface area contributed by atoms with E-state index in [2.05, 4.69) is 26.3 Å². The highest BCUT2D eigenvalue weighted by atomic mass is 16.6. The number of rotatable bonds is 16. The quantitative estimate of drug-likeness (QED) is 0.0785. The second-order valence-electron chi connectivity index (χ2n) is 14.5. The third kappa shape index (κ3) is 11.2. The van der Waals surface area contributed by atoms with Crippen LogP contribution in [0.15, 0.2) is 103 Å². The number of nitrogens with two attached hydrogens (primary N) is 1. The fourth-order valence-electron chi connectivity index (χ4n) is 6.35. The first-order valence-electron chi connectivity index (χ1n) is 18.1. The Hall–Kier alpha value is -6.70. The molecule has 4 aromatic carbocycles. The smallest absolute Gasteiger partial charge is 0.408 e. The van der Waals surface area contributed by atoms with E-state index in [9.17, 15) is 33.9 Å². The van der Waals surface area contributed by atoms with Gasteiger partial charge in [0.05, 0.1) is 6.42 Å². The molecule has 56 heavy (non-hydrogen) atoms. The van der Waals surface area contributed by atoms with Crippen molar-refractivity contribution in [2.45, 2.75) is 76.2 Å². The molecule has 5 amide bonds. The largest absolute Gasteiger partial charge is 0.481 e. The number of aromatic amines is 1. The number of carboxylic acids is 1. The van der Waals surface area contributed by atoms with Crippen LogP contribution in [0.2, 0.25) is 0 Å². The minimum Gasteiger partial charge on any atom is -0.481 e. The van der Waals surface area contributed by atoms with E-state index in [4.69, 9.17) is 10.5 Å². The molecule has 5 aromatic rings. The summed E-state index contributed by atoms with van der Waals surface area (Å²) in [6.07, 6.45) is -0.00349. The number of ether oxygens (including phenoxy) is 1. The zero-order chi connectivity index (χ0) is 40.4. The van der Waals surface area contributed by atoms with Crippen LogP contribution in [0.5, 0.6) is 0 Å². The van der Waals surface area contributed by atoms with E-state index in [0.717, 1.165) is 27.2 Å².